The van der Waals surface area contributed by atoms with Crippen molar-refractivity contribution >= 4 is 6.20 Å². The predicted molar refractivity (Wildman–Crippen MR) is 38.1 cm³/mol. The zero-order chi connectivity index (χ0) is 7.40. The molecule has 0 atom stereocenters. The van der Waals surface area contributed by atoms with Crippen LogP contribution < -0.4 is 4.68 Å². The van der Waals surface area contributed by atoms with E-state index in [1.54, 1.807) is 6.20 Å². The number of hydrogen-bond acceptors (Lipinski definition) is 1. The van der Waals surface area contributed by atoms with Gasteiger partial charge in [-0.15, -0.1) is 9.36 Å². The van der Waals surface area contributed by atoms with E-state index < -0.39 is 0 Å². The molecule has 3 nitrogen and oxygen atoms in total. The minimum Gasteiger partial charge on any atom is -0.390 e. The van der Waals surface area contributed by atoms with Crippen LogP contribution in [0.1, 0.15) is 0 Å². The van der Waals surface area contributed by atoms with E-state index in [0.29, 0.717) is 6.54 Å². The standard InChI is InChI=1S/C7H11N2O/c1-2-8-4-3-5-9(8)6-7-10/h2-5,10H,1,6-7H2/q+1. The Morgan fingerprint density at radius 3 is 3.10 bits per heavy atom. The summed E-state index contributed by atoms with van der Waals surface area (Å²) in [7, 11) is 0. The summed E-state index contributed by atoms with van der Waals surface area (Å²) in [6, 6.07) is 1.90. The molecule has 1 aromatic rings. The smallest absolute Gasteiger partial charge is 0.196 e. The molecule has 1 N–H and O–H groups in total. The van der Waals surface area contributed by atoms with Gasteiger partial charge in [0, 0.05) is 6.07 Å². The van der Waals surface area contributed by atoms with E-state index >= 15 is 0 Å². The van der Waals surface area contributed by atoms with Crippen molar-refractivity contribution in [2.24, 2.45) is 0 Å². The Balaban J connectivity index is 2.79. The Morgan fingerprint density at radius 1 is 1.70 bits per heavy atom. The third-order valence-electron chi connectivity index (χ3n) is 1.31. The first-order valence-corrected chi connectivity index (χ1v) is 3.18. The van der Waals surface area contributed by atoms with Crippen molar-refractivity contribution < 1.29 is 9.79 Å². The largest absolute Gasteiger partial charge is 0.390 e. The molecule has 1 rings (SSSR count). The first kappa shape index (κ1) is 7.02. The summed E-state index contributed by atoms with van der Waals surface area (Å²) < 4.78 is 3.68. The predicted octanol–water partition coefficient (Wildman–Crippen LogP) is -0.132. The molecule has 0 aliphatic heterocycles. The first-order chi connectivity index (χ1) is 4.88. The fourth-order valence-corrected chi connectivity index (χ4v) is 0.847. The SMILES string of the molecule is C=Cn1ccc[n+]1CCO. The number of hydrogen-bond donors (Lipinski definition) is 1. The fourth-order valence-electron chi connectivity index (χ4n) is 0.847. The van der Waals surface area contributed by atoms with Crippen LogP contribution in [0.15, 0.2) is 25.0 Å². The molecular formula is C7H11N2O+. The van der Waals surface area contributed by atoms with Crippen LogP contribution in [0, 0.1) is 0 Å². The topological polar surface area (TPSA) is 29.0 Å². The lowest BCUT2D eigenvalue weighted by molar-refractivity contribution is -0.765. The van der Waals surface area contributed by atoms with E-state index in [4.69, 9.17) is 5.11 Å². The molecule has 54 valence electrons. The maximum Gasteiger partial charge on any atom is 0.196 e. The maximum atomic E-state index is 8.59. The monoisotopic (exact) mass is 139 g/mol. The molecule has 0 amide bonds. The minimum absolute atomic E-state index is 0.155. The molecule has 0 aliphatic rings. The Bertz CT molecular complexity index is 217. The third-order valence-corrected chi connectivity index (χ3v) is 1.31. The second-order valence-electron chi connectivity index (χ2n) is 1.94. The van der Waals surface area contributed by atoms with Gasteiger partial charge in [-0.2, -0.15) is 0 Å². The third kappa shape index (κ3) is 1.25. The van der Waals surface area contributed by atoms with Crippen LogP contribution >= 0.6 is 0 Å². The van der Waals surface area contributed by atoms with Gasteiger partial charge in [0.1, 0.15) is 6.61 Å². The maximum absolute atomic E-state index is 8.59. The minimum atomic E-state index is 0.155. The van der Waals surface area contributed by atoms with Gasteiger partial charge in [0.2, 0.25) is 0 Å². The lowest BCUT2D eigenvalue weighted by Crippen LogP contribution is -2.41. The number of aliphatic hydroxyl groups is 1. The number of aliphatic hydroxyl groups excluding tert-OH is 1. The molecular weight excluding hydrogens is 128 g/mol. The second-order valence-corrected chi connectivity index (χ2v) is 1.94. The van der Waals surface area contributed by atoms with Crippen LogP contribution in [0.3, 0.4) is 0 Å². The normalized spacial score (nSPS) is 9.70. The van der Waals surface area contributed by atoms with Crippen molar-refractivity contribution in [1.29, 1.82) is 0 Å². The first-order valence-electron chi connectivity index (χ1n) is 3.18. The van der Waals surface area contributed by atoms with Gasteiger partial charge < -0.3 is 5.11 Å². The van der Waals surface area contributed by atoms with Crippen LogP contribution in [0.25, 0.3) is 6.20 Å². The molecule has 10 heavy (non-hydrogen) atoms. The van der Waals surface area contributed by atoms with Gasteiger partial charge in [0.25, 0.3) is 0 Å². The summed E-state index contributed by atoms with van der Waals surface area (Å²) in [5.74, 6) is 0. The van der Waals surface area contributed by atoms with Crippen molar-refractivity contribution in [2.75, 3.05) is 6.61 Å². The van der Waals surface area contributed by atoms with Crippen LogP contribution in [0.4, 0.5) is 0 Å². The lowest BCUT2D eigenvalue weighted by Gasteiger charge is -1.92. The summed E-state index contributed by atoms with van der Waals surface area (Å²) in [5.41, 5.74) is 0. The summed E-state index contributed by atoms with van der Waals surface area (Å²) in [4.78, 5) is 0. The number of aromatic nitrogens is 2. The zero-order valence-electron chi connectivity index (χ0n) is 5.77. The molecule has 0 spiro atoms. The van der Waals surface area contributed by atoms with Gasteiger partial charge >= 0.3 is 0 Å². The summed E-state index contributed by atoms with van der Waals surface area (Å²) >= 11 is 0. The average molecular weight is 139 g/mol. The highest BCUT2D eigenvalue weighted by Gasteiger charge is 2.01. The lowest BCUT2D eigenvalue weighted by atomic mass is 10.7. The van der Waals surface area contributed by atoms with Crippen molar-refractivity contribution in [1.82, 2.24) is 4.68 Å². The summed E-state index contributed by atoms with van der Waals surface area (Å²) in [5, 5.41) is 8.59. The van der Waals surface area contributed by atoms with Crippen LogP contribution in [0.2, 0.25) is 0 Å². The molecule has 1 aromatic heterocycles. The summed E-state index contributed by atoms with van der Waals surface area (Å²) in [6.07, 6.45) is 5.45. The second kappa shape index (κ2) is 3.17. The molecule has 0 saturated heterocycles. The van der Waals surface area contributed by atoms with Crippen molar-refractivity contribution in [3.63, 3.8) is 0 Å². The van der Waals surface area contributed by atoms with Crippen molar-refractivity contribution in [2.45, 2.75) is 6.54 Å². The Morgan fingerprint density at radius 2 is 2.50 bits per heavy atom. The van der Waals surface area contributed by atoms with Gasteiger partial charge in [0.15, 0.2) is 12.7 Å². The Kier molecular flexibility index (Phi) is 2.23. The summed E-state index contributed by atoms with van der Waals surface area (Å²) in [6.45, 7) is 4.37. The quantitative estimate of drug-likeness (QED) is 0.581. The molecule has 0 unspecified atom stereocenters. The average Bonchev–Trinajstić information content (AvgIpc) is 2.36. The molecule has 3 heteroatoms. The van der Waals surface area contributed by atoms with Gasteiger partial charge in [-0.1, -0.05) is 6.58 Å². The van der Waals surface area contributed by atoms with E-state index in [1.165, 1.54) is 0 Å². The van der Waals surface area contributed by atoms with Crippen molar-refractivity contribution in [3.05, 3.63) is 25.0 Å². The molecule has 0 saturated carbocycles. The Hall–Kier alpha value is -1.09. The van der Waals surface area contributed by atoms with E-state index in [2.05, 4.69) is 6.58 Å². The fraction of sp³-hybridized carbons (Fsp3) is 0.286. The van der Waals surface area contributed by atoms with Gasteiger partial charge in [0.05, 0.1) is 12.4 Å². The molecule has 0 aromatic carbocycles. The molecule has 0 bridgehead atoms. The number of rotatable bonds is 3. The van der Waals surface area contributed by atoms with E-state index in [-0.39, 0.29) is 6.61 Å². The van der Waals surface area contributed by atoms with Crippen LogP contribution in [0.5, 0.6) is 0 Å². The zero-order valence-corrected chi connectivity index (χ0v) is 5.77. The van der Waals surface area contributed by atoms with E-state index in [0.717, 1.165) is 0 Å². The van der Waals surface area contributed by atoms with E-state index in [9.17, 15) is 0 Å². The molecule has 0 aliphatic carbocycles. The van der Waals surface area contributed by atoms with Gasteiger partial charge in [-0.25, -0.2) is 0 Å². The highest BCUT2D eigenvalue weighted by atomic mass is 16.3. The van der Waals surface area contributed by atoms with Crippen LogP contribution in [-0.2, 0) is 6.54 Å². The van der Waals surface area contributed by atoms with Gasteiger partial charge in [-0.3, -0.25) is 0 Å². The Labute approximate surface area is 59.8 Å². The van der Waals surface area contributed by atoms with Crippen LogP contribution in [-0.4, -0.2) is 16.4 Å². The highest BCUT2D eigenvalue weighted by Crippen LogP contribution is 1.80. The number of nitrogens with zero attached hydrogens (tertiary/aromatic N) is 2. The molecule has 0 fully saturated rings. The highest BCUT2D eigenvalue weighted by molar-refractivity contribution is 5.09. The molecule has 0 radical (unpaired) electrons. The van der Waals surface area contributed by atoms with Gasteiger partial charge in [-0.05, 0) is 0 Å². The van der Waals surface area contributed by atoms with E-state index in [1.807, 2.05) is 27.8 Å². The van der Waals surface area contributed by atoms with Crippen molar-refractivity contribution in [3.8, 4) is 0 Å². The molecule has 1 heterocycles.